The Morgan fingerprint density at radius 3 is 2.48 bits per heavy atom. The summed E-state index contributed by atoms with van der Waals surface area (Å²) in [5.41, 5.74) is -0.0418. The Kier molecular flexibility index (Phi) is 4.21. The van der Waals surface area contributed by atoms with Crippen LogP contribution in [0.2, 0.25) is 0 Å². The zero-order chi connectivity index (χ0) is 16.4. The number of nitrogens with zero attached hydrogens (tertiary/aromatic N) is 2. The molecule has 1 aromatic heterocycles. The molecule has 0 saturated carbocycles. The van der Waals surface area contributed by atoms with Gasteiger partial charge in [0.2, 0.25) is 5.95 Å². The fourth-order valence-electron chi connectivity index (χ4n) is 2.52. The first kappa shape index (κ1) is 15.7. The molecule has 1 fully saturated rings. The van der Waals surface area contributed by atoms with Gasteiger partial charge in [0.05, 0.1) is 12.2 Å². The number of alkyl halides is 3. The predicted molar refractivity (Wildman–Crippen MR) is 76.5 cm³/mol. The maximum absolute atomic E-state index is 13.2. The lowest BCUT2D eigenvalue weighted by Crippen LogP contribution is -2.38. The van der Waals surface area contributed by atoms with Gasteiger partial charge in [0, 0.05) is 13.1 Å². The molecule has 0 spiro atoms. The van der Waals surface area contributed by atoms with Gasteiger partial charge in [-0.3, -0.25) is 0 Å². The first-order chi connectivity index (χ1) is 10.9. The number of anilines is 1. The zero-order valence-electron chi connectivity index (χ0n) is 12.1. The topological polar surface area (TPSA) is 25.4 Å². The number of aromatic nitrogens is 1. The molecule has 3 nitrogen and oxygen atoms in total. The van der Waals surface area contributed by atoms with E-state index in [9.17, 15) is 17.6 Å². The Bertz CT molecular complexity index is 673. The molecule has 3 rings (SSSR count). The normalized spacial score (nSPS) is 19.0. The van der Waals surface area contributed by atoms with Gasteiger partial charge in [-0.15, -0.1) is 0 Å². The molecule has 122 valence electrons. The fraction of sp³-hybridized carbons (Fsp3) is 0.312. The van der Waals surface area contributed by atoms with Crippen molar-refractivity contribution in [3.8, 4) is 0 Å². The Hall–Kier alpha value is -2.15. The monoisotopic (exact) mass is 326 g/mol. The van der Waals surface area contributed by atoms with Gasteiger partial charge >= 0.3 is 6.18 Å². The first-order valence-corrected chi connectivity index (χ1v) is 7.10. The first-order valence-electron chi connectivity index (χ1n) is 7.10. The quantitative estimate of drug-likeness (QED) is 0.620. The number of rotatable bonds is 2. The zero-order valence-corrected chi connectivity index (χ0v) is 12.1. The lowest BCUT2D eigenvalue weighted by molar-refractivity contribution is -0.137. The van der Waals surface area contributed by atoms with E-state index in [2.05, 4.69) is 4.98 Å². The minimum atomic E-state index is -4.36. The Labute approximate surface area is 130 Å². The Balaban J connectivity index is 1.76. The minimum absolute atomic E-state index is 0.379. The van der Waals surface area contributed by atoms with Crippen LogP contribution in [0.3, 0.4) is 0 Å². The van der Waals surface area contributed by atoms with E-state index in [4.69, 9.17) is 4.74 Å². The van der Waals surface area contributed by atoms with E-state index >= 15 is 0 Å². The van der Waals surface area contributed by atoms with Crippen molar-refractivity contribution in [2.45, 2.75) is 12.3 Å². The van der Waals surface area contributed by atoms with Gasteiger partial charge in [-0.25, -0.2) is 4.98 Å². The molecule has 1 atom stereocenters. The second kappa shape index (κ2) is 6.16. The number of morpholine rings is 1. The van der Waals surface area contributed by atoms with Gasteiger partial charge < -0.3 is 9.64 Å². The fourth-order valence-corrected chi connectivity index (χ4v) is 2.52. The maximum Gasteiger partial charge on any atom is 0.416 e. The number of halogens is 4. The highest BCUT2D eigenvalue weighted by molar-refractivity contribution is 5.39. The van der Waals surface area contributed by atoms with Crippen LogP contribution in [0.4, 0.5) is 23.4 Å². The second-order valence-corrected chi connectivity index (χ2v) is 5.24. The third kappa shape index (κ3) is 3.61. The molecule has 7 heteroatoms. The molecule has 0 amide bonds. The number of benzene rings is 1. The number of ether oxygens (including phenoxy) is 1. The van der Waals surface area contributed by atoms with E-state index in [0.717, 1.165) is 12.1 Å². The molecular weight excluding hydrogens is 312 g/mol. The molecule has 1 unspecified atom stereocenters. The van der Waals surface area contributed by atoms with Gasteiger partial charge in [-0.05, 0) is 29.8 Å². The maximum atomic E-state index is 13.2. The highest BCUT2D eigenvalue weighted by atomic mass is 19.4. The highest BCUT2D eigenvalue weighted by Gasteiger charge is 2.31. The Morgan fingerprint density at radius 2 is 1.83 bits per heavy atom. The second-order valence-electron chi connectivity index (χ2n) is 5.24. The molecule has 0 N–H and O–H groups in total. The third-order valence-corrected chi connectivity index (χ3v) is 3.70. The highest BCUT2D eigenvalue weighted by Crippen LogP contribution is 2.31. The van der Waals surface area contributed by atoms with E-state index in [1.165, 1.54) is 18.2 Å². The van der Waals surface area contributed by atoms with E-state index in [-0.39, 0.29) is 6.10 Å². The van der Waals surface area contributed by atoms with Crippen molar-refractivity contribution in [2.75, 3.05) is 24.6 Å². The summed E-state index contributed by atoms with van der Waals surface area (Å²) in [7, 11) is 0. The molecule has 0 bridgehead atoms. The summed E-state index contributed by atoms with van der Waals surface area (Å²) in [6, 6.07) is 9.43. The molecular formula is C16H14F4N2O. The summed E-state index contributed by atoms with van der Waals surface area (Å²) in [6.07, 6.45) is -4.74. The average Bonchev–Trinajstić information content (AvgIpc) is 2.54. The molecule has 0 aliphatic carbocycles. The van der Waals surface area contributed by atoms with Crippen molar-refractivity contribution < 1.29 is 22.3 Å². The van der Waals surface area contributed by atoms with Crippen LogP contribution in [0.1, 0.15) is 17.2 Å². The van der Waals surface area contributed by atoms with Crippen molar-refractivity contribution in [1.82, 2.24) is 4.98 Å². The predicted octanol–water partition coefficient (Wildman–Crippen LogP) is 3.82. The Morgan fingerprint density at radius 1 is 1.09 bits per heavy atom. The standard InChI is InChI=1S/C16H14F4N2O/c17-14-2-1-3-15(21-14)22-8-9-23-13(10-22)11-4-6-12(7-5-11)16(18,19)20/h1-7,13H,8-10H2. The summed E-state index contributed by atoms with van der Waals surface area (Å²) in [6.45, 7) is 1.35. The largest absolute Gasteiger partial charge is 0.416 e. The van der Waals surface area contributed by atoms with Gasteiger partial charge in [-0.2, -0.15) is 17.6 Å². The van der Waals surface area contributed by atoms with Crippen molar-refractivity contribution >= 4 is 5.82 Å². The van der Waals surface area contributed by atoms with Crippen molar-refractivity contribution in [3.05, 3.63) is 59.5 Å². The molecule has 2 heterocycles. The third-order valence-electron chi connectivity index (χ3n) is 3.70. The van der Waals surface area contributed by atoms with Crippen LogP contribution < -0.4 is 4.90 Å². The van der Waals surface area contributed by atoms with Crippen molar-refractivity contribution in [3.63, 3.8) is 0 Å². The smallest absolute Gasteiger partial charge is 0.370 e. The van der Waals surface area contributed by atoms with Crippen molar-refractivity contribution in [1.29, 1.82) is 0 Å². The summed E-state index contributed by atoms with van der Waals surface area (Å²) in [5.74, 6) is -0.0784. The number of hydrogen-bond donors (Lipinski definition) is 0. The number of hydrogen-bond acceptors (Lipinski definition) is 3. The van der Waals surface area contributed by atoms with Crippen LogP contribution in [0.15, 0.2) is 42.5 Å². The van der Waals surface area contributed by atoms with Crippen molar-refractivity contribution in [2.24, 2.45) is 0 Å². The van der Waals surface area contributed by atoms with Crippen LogP contribution >= 0.6 is 0 Å². The van der Waals surface area contributed by atoms with Gasteiger partial charge in [0.25, 0.3) is 0 Å². The van der Waals surface area contributed by atoms with Crippen LogP contribution in [-0.4, -0.2) is 24.7 Å². The summed E-state index contributed by atoms with van der Waals surface area (Å²) >= 11 is 0. The van der Waals surface area contributed by atoms with E-state index < -0.39 is 17.7 Å². The molecule has 1 saturated heterocycles. The molecule has 2 aromatic rings. The lowest BCUT2D eigenvalue weighted by Gasteiger charge is -2.34. The van der Waals surface area contributed by atoms with E-state index in [0.29, 0.717) is 31.1 Å². The summed E-state index contributed by atoms with van der Waals surface area (Å²) in [4.78, 5) is 5.68. The number of pyridine rings is 1. The molecule has 0 radical (unpaired) electrons. The van der Waals surface area contributed by atoms with E-state index in [1.54, 1.807) is 12.1 Å². The summed E-state index contributed by atoms with van der Waals surface area (Å²) < 4.78 is 56.6. The molecule has 1 aliphatic rings. The minimum Gasteiger partial charge on any atom is -0.370 e. The van der Waals surface area contributed by atoms with E-state index in [1.807, 2.05) is 4.90 Å². The summed E-state index contributed by atoms with van der Waals surface area (Å²) in [5, 5.41) is 0. The van der Waals surface area contributed by atoms with Crippen LogP contribution in [-0.2, 0) is 10.9 Å². The van der Waals surface area contributed by atoms with Gasteiger partial charge in [-0.1, -0.05) is 18.2 Å². The lowest BCUT2D eigenvalue weighted by atomic mass is 10.1. The average molecular weight is 326 g/mol. The molecule has 1 aromatic carbocycles. The van der Waals surface area contributed by atoms with Gasteiger partial charge in [0.15, 0.2) is 0 Å². The SMILES string of the molecule is Fc1cccc(N2CCOC(c3ccc(C(F)(F)F)cc3)C2)n1. The van der Waals surface area contributed by atoms with Crippen LogP contribution in [0, 0.1) is 5.95 Å². The van der Waals surface area contributed by atoms with Crippen LogP contribution in [0.5, 0.6) is 0 Å². The van der Waals surface area contributed by atoms with Gasteiger partial charge in [0.1, 0.15) is 11.9 Å². The molecule has 1 aliphatic heterocycles. The molecule has 23 heavy (non-hydrogen) atoms. The van der Waals surface area contributed by atoms with Crippen LogP contribution in [0.25, 0.3) is 0 Å².